The predicted octanol–water partition coefficient (Wildman–Crippen LogP) is 15.6. The maximum atomic E-state index is 12.8. The Morgan fingerprint density at radius 3 is 1.22 bits per heavy atom. The summed E-state index contributed by atoms with van der Waals surface area (Å²) in [5.74, 6) is -1.99. The highest BCUT2D eigenvalue weighted by atomic mass is 16.7. The van der Waals surface area contributed by atoms with Crippen LogP contribution in [0.4, 0.5) is 0 Å². The highest BCUT2D eigenvalue weighted by Crippen LogP contribution is 2.16. The largest absolute Gasteiger partial charge is 0.477 e. The third-order valence-electron chi connectivity index (χ3n) is 12.2. The van der Waals surface area contributed by atoms with Crippen molar-refractivity contribution in [2.45, 2.75) is 270 Å². The Bertz CT molecular complexity index is 1120. The first-order valence-electron chi connectivity index (χ1n) is 27.5. The van der Waals surface area contributed by atoms with E-state index in [0.29, 0.717) is 17.4 Å². The maximum absolute atomic E-state index is 12.8. The summed E-state index contributed by atoms with van der Waals surface area (Å²) in [6.07, 6.45) is 52.4. The Kier molecular flexibility index (Phi) is 46.6. The molecule has 2 atom stereocenters. The molecule has 0 heterocycles. The molecule has 0 fully saturated rings. The number of likely N-dealkylation sites (N-methyl/N-ethyl adjacent to an activating group) is 1. The molecule has 0 saturated heterocycles. The van der Waals surface area contributed by atoms with Gasteiger partial charge in [-0.05, 0) is 44.9 Å². The third-order valence-corrected chi connectivity index (χ3v) is 12.2. The van der Waals surface area contributed by atoms with E-state index in [9.17, 15) is 19.5 Å². The van der Waals surface area contributed by atoms with Crippen LogP contribution in [0.15, 0.2) is 24.3 Å². The van der Waals surface area contributed by atoms with Gasteiger partial charge < -0.3 is 28.5 Å². The van der Waals surface area contributed by atoms with Crippen LogP contribution in [0.3, 0.4) is 0 Å². The lowest BCUT2D eigenvalue weighted by molar-refractivity contribution is -0.870. The van der Waals surface area contributed by atoms with E-state index in [1.807, 2.05) is 21.1 Å². The molecule has 65 heavy (non-hydrogen) atoms. The number of ether oxygens (including phenoxy) is 4. The summed E-state index contributed by atoms with van der Waals surface area (Å²) < 4.78 is 22.9. The van der Waals surface area contributed by atoms with Crippen molar-refractivity contribution >= 4 is 17.9 Å². The van der Waals surface area contributed by atoms with Gasteiger partial charge >= 0.3 is 17.9 Å². The highest BCUT2D eigenvalue weighted by Gasteiger charge is 2.25. The SMILES string of the molecule is CCCCCCC/C=C\C/C=C\CCCCCCCCCCCCCC(=O)OC(COC(=O)CCCCCCCCCCCCCCCCCCC)COC(OCC[N+](C)(C)C)C(=O)O. The number of carboxylic acids is 1. The molecule has 0 aliphatic heterocycles. The van der Waals surface area contributed by atoms with E-state index >= 15 is 0 Å². The van der Waals surface area contributed by atoms with Crippen molar-refractivity contribution < 1.29 is 42.9 Å². The van der Waals surface area contributed by atoms with E-state index in [1.54, 1.807) is 0 Å². The van der Waals surface area contributed by atoms with Crippen molar-refractivity contribution in [2.75, 3.05) is 47.5 Å². The second kappa shape index (κ2) is 48.2. The first-order chi connectivity index (χ1) is 31.6. The van der Waals surface area contributed by atoms with Gasteiger partial charge in [0.2, 0.25) is 0 Å². The molecule has 0 saturated carbocycles. The van der Waals surface area contributed by atoms with E-state index in [1.165, 1.54) is 186 Å². The second-order valence-corrected chi connectivity index (χ2v) is 19.9. The van der Waals surface area contributed by atoms with Gasteiger partial charge in [-0.15, -0.1) is 0 Å². The Morgan fingerprint density at radius 2 is 0.831 bits per heavy atom. The average molecular weight is 921 g/mol. The summed E-state index contributed by atoms with van der Waals surface area (Å²) >= 11 is 0. The first-order valence-corrected chi connectivity index (χ1v) is 27.5. The summed E-state index contributed by atoms with van der Waals surface area (Å²) in [4.78, 5) is 37.3. The quantitative estimate of drug-likeness (QED) is 0.0211. The van der Waals surface area contributed by atoms with Crippen LogP contribution in [0.5, 0.6) is 0 Å². The number of quaternary nitrogens is 1. The number of unbranched alkanes of at least 4 members (excludes halogenated alkanes) is 32. The molecular weight excluding hydrogens is 815 g/mol. The first kappa shape index (κ1) is 62.8. The molecule has 2 unspecified atom stereocenters. The van der Waals surface area contributed by atoms with Crippen LogP contribution >= 0.6 is 0 Å². The molecule has 0 aromatic rings. The van der Waals surface area contributed by atoms with Crippen molar-refractivity contribution in [1.29, 1.82) is 0 Å². The number of nitrogens with zero attached hydrogens (tertiary/aromatic N) is 1. The molecule has 0 spiro atoms. The fraction of sp³-hybridized carbons (Fsp3) is 0.875. The van der Waals surface area contributed by atoms with Gasteiger partial charge in [0.05, 0.1) is 34.4 Å². The molecule has 0 aromatic carbocycles. The van der Waals surface area contributed by atoms with Crippen molar-refractivity contribution in [1.82, 2.24) is 0 Å². The van der Waals surface area contributed by atoms with Crippen LogP contribution in [-0.4, -0.2) is 87.4 Å². The Hall–Kier alpha value is -2.23. The van der Waals surface area contributed by atoms with Crippen LogP contribution in [-0.2, 0) is 33.3 Å². The van der Waals surface area contributed by atoms with Gasteiger partial charge in [0.25, 0.3) is 6.29 Å². The number of carboxylic acid groups (broad SMARTS) is 1. The number of aliphatic carboxylic acids is 1. The van der Waals surface area contributed by atoms with Gasteiger partial charge in [-0.1, -0.05) is 224 Å². The Balaban J connectivity index is 4.26. The monoisotopic (exact) mass is 921 g/mol. The van der Waals surface area contributed by atoms with Gasteiger partial charge in [-0.3, -0.25) is 9.59 Å². The second-order valence-electron chi connectivity index (χ2n) is 19.9. The summed E-state index contributed by atoms with van der Waals surface area (Å²) in [5, 5.41) is 9.68. The van der Waals surface area contributed by atoms with E-state index < -0.39 is 24.3 Å². The lowest BCUT2D eigenvalue weighted by Crippen LogP contribution is -2.40. The predicted molar refractivity (Wildman–Crippen MR) is 272 cm³/mol. The molecule has 0 aliphatic rings. The van der Waals surface area contributed by atoms with Crippen molar-refractivity contribution in [3.8, 4) is 0 Å². The summed E-state index contributed by atoms with van der Waals surface area (Å²) in [5.41, 5.74) is 0. The number of carbonyl (C=O) groups is 3. The minimum atomic E-state index is -1.51. The number of hydrogen-bond acceptors (Lipinski definition) is 7. The van der Waals surface area contributed by atoms with Crippen LogP contribution in [0.25, 0.3) is 0 Å². The highest BCUT2D eigenvalue weighted by molar-refractivity contribution is 5.71. The van der Waals surface area contributed by atoms with E-state index in [-0.39, 0.29) is 32.2 Å². The van der Waals surface area contributed by atoms with Crippen molar-refractivity contribution in [3.05, 3.63) is 24.3 Å². The van der Waals surface area contributed by atoms with E-state index in [0.717, 1.165) is 44.9 Å². The van der Waals surface area contributed by atoms with Crippen LogP contribution < -0.4 is 0 Å². The lowest BCUT2D eigenvalue weighted by atomic mass is 10.0. The summed E-state index contributed by atoms with van der Waals surface area (Å²) in [7, 11) is 5.97. The summed E-state index contributed by atoms with van der Waals surface area (Å²) in [6.45, 7) is 4.90. The molecule has 0 bridgehead atoms. The number of carbonyl (C=O) groups excluding carboxylic acids is 2. The van der Waals surface area contributed by atoms with Gasteiger partial charge in [0.1, 0.15) is 13.2 Å². The van der Waals surface area contributed by atoms with E-state index in [4.69, 9.17) is 18.9 Å². The van der Waals surface area contributed by atoms with Gasteiger partial charge in [-0.25, -0.2) is 4.79 Å². The number of rotatable bonds is 51. The smallest absolute Gasteiger partial charge is 0.361 e. The Labute approximate surface area is 401 Å². The van der Waals surface area contributed by atoms with E-state index in [2.05, 4.69) is 38.2 Å². The molecular formula is C56H106NO8+. The fourth-order valence-corrected chi connectivity index (χ4v) is 7.93. The zero-order valence-corrected chi connectivity index (χ0v) is 43.4. The number of allylic oxidation sites excluding steroid dienone is 4. The Morgan fingerprint density at radius 1 is 0.462 bits per heavy atom. The number of esters is 2. The fourth-order valence-electron chi connectivity index (χ4n) is 7.93. The lowest BCUT2D eigenvalue weighted by Gasteiger charge is -2.25. The zero-order valence-electron chi connectivity index (χ0n) is 43.4. The van der Waals surface area contributed by atoms with Crippen LogP contribution in [0, 0.1) is 0 Å². The van der Waals surface area contributed by atoms with Crippen LogP contribution in [0.2, 0.25) is 0 Å². The third kappa shape index (κ3) is 49.5. The molecule has 0 aromatic heterocycles. The molecule has 9 heteroatoms. The minimum absolute atomic E-state index is 0.178. The normalized spacial score (nSPS) is 12.9. The molecule has 1 N–H and O–H groups in total. The van der Waals surface area contributed by atoms with Crippen LogP contribution in [0.1, 0.15) is 258 Å². The molecule has 382 valence electrons. The standard InChI is InChI=1S/C56H105NO8/c1-6-8-10-12-14-16-18-20-22-24-25-26-27-28-29-31-33-35-37-39-41-43-45-47-54(59)65-52(51-64-56(55(60)61)62-49-48-57(3,4)5)50-63-53(58)46-44-42-40-38-36-34-32-30-23-21-19-17-15-13-11-9-7-2/h18,20,24-25,52,56H,6-17,19,21-23,26-51H2,1-5H3/p+1/b20-18-,25-24-. The summed E-state index contributed by atoms with van der Waals surface area (Å²) in [6, 6.07) is 0. The van der Waals surface area contributed by atoms with Crippen molar-refractivity contribution in [3.63, 3.8) is 0 Å². The van der Waals surface area contributed by atoms with Gasteiger partial charge in [-0.2, -0.15) is 0 Å². The average Bonchev–Trinajstić information content (AvgIpc) is 3.27. The molecule has 0 amide bonds. The van der Waals surface area contributed by atoms with Gasteiger partial charge in [0.15, 0.2) is 6.10 Å². The topological polar surface area (TPSA) is 108 Å². The van der Waals surface area contributed by atoms with Gasteiger partial charge in [0, 0.05) is 12.8 Å². The minimum Gasteiger partial charge on any atom is -0.477 e. The molecule has 0 rings (SSSR count). The molecule has 0 radical (unpaired) electrons. The van der Waals surface area contributed by atoms with Crippen molar-refractivity contribution in [2.24, 2.45) is 0 Å². The maximum Gasteiger partial charge on any atom is 0.361 e. The number of hydrogen-bond donors (Lipinski definition) is 1. The molecule has 0 aliphatic carbocycles. The molecule has 9 nitrogen and oxygen atoms in total. The zero-order chi connectivity index (χ0) is 47.7.